The first-order chi connectivity index (χ1) is 10.6. The maximum absolute atomic E-state index is 12.9. The second-order valence-electron chi connectivity index (χ2n) is 7.92. The lowest BCUT2D eigenvalue weighted by Gasteiger charge is -2.23. The lowest BCUT2D eigenvalue weighted by molar-refractivity contribution is -0.149. The molecule has 2 heterocycles. The van der Waals surface area contributed by atoms with E-state index in [1.54, 1.807) is 4.90 Å². The Kier molecular flexibility index (Phi) is 3.78. The summed E-state index contributed by atoms with van der Waals surface area (Å²) < 4.78 is 0. The first kappa shape index (κ1) is 16.4. The van der Waals surface area contributed by atoms with Crippen LogP contribution >= 0.6 is 11.3 Å². The van der Waals surface area contributed by atoms with Crippen molar-refractivity contribution in [1.82, 2.24) is 9.88 Å². The number of fused-ring (bicyclic) bond motifs is 1. The molecule has 1 saturated carbocycles. The third-order valence-corrected chi connectivity index (χ3v) is 6.79. The Balaban J connectivity index is 1.86. The molecule has 6 heteroatoms. The van der Waals surface area contributed by atoms with Crippen molar-refractivity contribution in [2.24, 2.45) is 11.3 Å². The summed E-state index contributed by atoms with van der Waals surface area (Å²) in [6.07, 6.45) is 2.55. The molecule has 126 valence electrons. The zero-order valence-corrected chi connectivity index (χ0v) is 15.0. The molecule has 5 nitrogen and oxygen atoms in total. The standard InChI is InChI=1S/C17H24N2O3S/c1-10-12(23-14(18-10)16(2,3)4)13(20)19-8-11-6-5-7-17(11,9-19)15(21)22/h11H,5-9H2,1-4H3,(H,21,22)/t11-,17+/m0/s1. The van der Waals surface area contributed by atoms with Gasteiger partial charge in [-0.25, -0.2) is 4.98 Å². The van der Waals surface area contributed by atoms with Crippen molar-refractivity contribution in [3.8, 4) is 0 Å². The summed E-state index contributed by atoms with van der Waals surface area (Å²) in [5.41, 5.74) is -0.0508. The van der Waals surface area contributed by atoms with Gasteiger partial charge in [-0.1, -0.05) is 27.2 Å². The molecule has 23 heavy (non-hydrogen) atoms. The maximum Gasteiger partial charge on any atom is 0.311 e. The molecule has 1 amide bonds. The fourth-order valence-electron chi connectivity index (χ4n) is 3.85. The Bertz CT molecular complexity index is 661. The van der Waals surface area contributed by atoms with Crippen LogP contribution in [0.25, 0.3) is 0 Å². The van der Waals surface area contributed by atoms with Gasteiger partial charge in [-0.15, -0.1) is 11.3 Å². The third-order valence-electron chi connectivity index (χ3n) is 5.22. The van der Waals surface area contributed by atoms with Gasteiger partial charge in [-0.2, -0.15) is 0 Å². The number of carbonyl (C=O) groups is 2. The normalized spacial score (nSPS) is 27.3. The van der Waals surface area contributed by atoms with E-state index in [0.717, 1.165) is 23.5 Å². The molecular formula is C17H24N2O3S. The van der Waals surface area contributed by atoms with E-state index in [9.17, 15) is 14.7 Å². The molecular weight excluding hydrogens is 312 g/mol. The molecule has 2 atom stereocenters. The Hall–Kier alpha value is -1.43. The molecule has 1 N–H and O–H groups in total. The van der Waals surface area contributed by atoms with E-state index >= 15 is 0 Å². The Morgan fingerprint density at radius 1 is 1.39 bits per heavy atom. The molecule has 0 aromatic carbocycles. The molecule has 1 saturated heterocycles. The SMILES string of the molecule is Cc1nc(C(C)(C)C)sc1C(=O)N1C[C@@H]2CCC[C@@]2(C(=O)O)C1. The van der Waals surface area contributed by atoms with Gasteiger partial charge in [0, 0.05) is 18.5 Å². The number of rotatable bonds is 2. The van der Waals surface area contributed by atoms with Gasteiger partial charge in [-0.05, 0) is 25.7 Å². The lowest BCUT2D eigenvalue weighted by atomic mass is 9.81. The molecule has 0 spiro atoms. The van der Waals surface area contributed by atoms with Crippen LogP contribution in [0.4, 0.5) is 0 Å². The average molecular weight is 336 g/mol. The minimum absolute atomic E-state index is 0.0504. The number of carboxylic acids is 1. The van der Waals surface area contributed by atoms with E-state index in [1.807, 2.05) is 6.92 Å². The number of aliphatic carboxylic acids is 1. The van der Waals surface area contributed by atoms with Crippen LogP contribution in [0.5, 0.6) is 0 Å². The van der Waals surface area contributed by atoms with E-state index in [0.29, 0.717) is 24.4 Å². The number of thiazole rings is 1. The van der Waals surface area contributed by atoms with Gasteiger partial charge in [0.1, 0.15) is 4.88 Å². The highest BCUT2D eigenvalue weighted by molar-refractivity contribution is 7.14. The van der Waals surface area contributed by atoms with E-state index in [-0.39, 0.29) is 17.2 Å². The number of likely N-dealkylation sites (tertiary alicyclic amines) is 1. The van der Waals surface area contributed by atoms with E-state index in [2.05, 4.69) is 25.8 Å². The fourth-order valence-corrected chi connectivity index (χ4v) is 4.94. The van der Waals surface area contributed by atoms with Gasteiger partial charge in [0.15, 0.2) is 0 Å². The number of hydrogen-bond acceptors (Lipinski definition) is 4. The average Bonchev–Trinajstić information content (AvgIpc) is 3.07. The Labute approximate surface area is 140 Å². The molecule has 0 unspecified atom stereocenters. The first-order valence-electron chi connectivity index (χ1n) is 8.16. The predicted octanol–water partition coefficient (Wildman–Crippen LogP) is 3.08. The number of aryl methyl sites for hydroxylation is 1. The van der Waals surface area contributed by atoms with Crippen molar-refractivity contribution < 1.29 is 14.7 Å². The molecule has 1 aliphatic carbocycles. The van der Waals surface area contributed by atoms with Crippen molar-refractivity contribution in [2.45, 2.75) is 52.4 Å². The van der Waals surface area contributed by atoms with Crippen molar-refractivity contribution in [3.05, 3.63) is 15.6 Å². The first-order valence-corrected chi connectivity index (χ1v) is 8.97. The minimum atomic E-state index is -0.744. The molecule has 1 aromatic heterocycles. The van der Waals surface area contributed by atoms with E-state index in [4.69, 9.17) is 0 Å². The van der Waals surface area contributed by atoms with Gasteiger partial charge in [0.05, 0.1) is 16.1 Å². The van der Waals surface area contributed by atoms with Gasteiger partial charge in [0.2, 0.25) is 0 Å². The summed E-state index contributed by atoms with van der Waals surface area (Å²) >= 11 is 1.45. The summed E-state index contributed by atoms with van der Waals surface area (Å²) in [6.45, 7) is 9.02. The van der Waals surface area contributed by atoms with Crippen LogP contribution in [0.3, 0.4) is 0 Å². The number of nitrogens with zero attached hydrogens (tertiary/aromatic N) is 2. The lowest BCUT2D eigenvalue weighted by Crippen LogP contribution is -2.37. The van der Waals surface area contributed by atoms with E-state index < -0.39 is 11.4 Å². The summed E-state index contributed by atoms with van der Waals surface area (Å²) in [5.74, 6) is -0.698. The number of hydrogen-bond donors (Lipinski definition) is 1. The maximum atomic E-state index is 12.9. The summed E-state index contributed by atoms with van der Waals surface area (Å²) in [7, 11) is 0. The smallest absolute Gasteiger partial charge is 0.311 e. The summed E-state index contributed by atoms with van der Waals surface area (Å²) in [6, 6.07) is 0. The van der Waals surface area contributed by atoms with Crippen LogP contribution in [0.15, 0.2) is 0 Å². The molecule has 0 bridgehead atoms. The van der Waals surface area contributed by atoms with Crippen molar-refractivity contribution in [2.75, 3.05) is 13.1 Å². The van der Waals surface area contributed by atoms with Crippen LogP contribution < -0.4 is 0 Å². The third kappa shape index (κ3) is 2.57. The number of amides is 1. The Morgan fingerprint density at radius 2 is 2.09 bits per heavy atom. The van der Waals surface area contributed by atoms with Crippen molar-refractivity contribution in [1.29, 1.82) is 0 Å². The summed E-state index contributed by atoms with van der Waals surface area (Å²) in [4.78, 5) is 31.6. The van der Waals surface area contributed by atoms with Crippen LogP contribution in [0.1, 0.15) is 60.4 Å². The zero-order valence-electron chi connectivity index (χ0n) is 14.2. The monoisotopic (exact) mass is 336 g/mol. The number of carbonyl (C=O) groups excluding carboxylic acids is 1. The quantitative estimate of drug-likeness (QED) is 0.901. The fraction of sp³-hybridized carbons (Fsp3) is 0.706. The van der Waals surface area contributed by atoms with Gasteiger partial charge < -0.3 is 10.0 Å². The predicted molar refractivity (Wildman–Crippen MR) is 88.9 cm³/mol. The highest BCUT2D eigenvalue weighted by Gasteiger charge is 2.56. The topological polar surface area (TPSA) is 70.5 Å². The molecule has 1 aliphatic heterocycles. The van der Waals surface area contributed by atoms with Crippen LogP contribution in [0.2, 0.25) is 0 Å². The zero-order chi connectivity index (χ0) is 17.0. The number of carboxylic acid groups (broad SMARTS) is 1. The van der Waals surface area contributed by atoms with Crippen LogP contribution in [0, 0.1) is 18.3 Å². The van der Waals surface area contributed by atoms with Crippen LogP contribution in [-0.4, -0.2) is 40.0 Å². The van der Waals surface area contributed by atoms with Gasteiger partial charge >= 0.3 is 5.97 Å². The highest BCUT2D eigenvalue weighted by atomic mass is 32.1. The second kappa shape index (κ2) is 5.30. The highest BCUT2D eigenvalue weighted by Crippen LogP contribution is 2.49. The largest absolute Gasteiger partial charge is 0.481 e. The molecule has 2 aliphatic rings. The van der Waals surface area contributed by atoms with Gasteiger partial charge in [0.25, 0.3) is 5.91 Å². The van der Waals surface area contributed by atoms with Crippen LogP contribution in [-0.2, 0) is 10.2 Å². The molecule has 3 rings (SSSR count). The molecule has 0 radical (unpaired) electrons. The van der Waals surface area contributed by atoms with Crippen molar-refractivity contribution >= 4 is 23.2 Å². The summed E-state index contributed by atoms with van der Waals surface area (Å²) in [5, 5.41) is 10.6. The van der Waals surface area contributed by atoms with Gasteiger partial charge in [-0.3, -0.25) is 9.59 Å². The second-order valence-corrected chi connectivity index (χ2v) is 8.92. The molecule has 2 fully saturated rings. The molecule has 1 aromatic rings. The minimum Gasteiger partial charge on any atom is -0.481 e. The number of aromatic nitrogens is 1. The van der Waals surface area contributed by atoms with Crippen molar-refractivity contribution in [3.63, 3.8) is 0 Å². The Morgan fingerprint density at radius 3 is 2.61 bits per heavy atom. The van der Waals surface area contributed by atoms with E-state index in [1.165, 1.54) is 11.3 Å².